The zero-order valence-corrected chi connectivity index (χ0v) is 7.88. The van der Waals surface area contributed by atoms with Gasteiger partial charge >= 0.3 is 6.01 Å². The van der Waals surface area contributed by atoms with Gasteiger partial charge in [-0.15, -0.1) is 0 Å². The predicted molar refractivity (Wildman–Crippen MR) is 52.5 cm³/mol. The highest BCUT2D eigenvalue weighted by molar-refractivity contribution is 5.42. The molecule has 3 rings (SSSR count). The largest absolute Gasteiger partial charge is 0.492 e. The minimum absolute atomic E-state index is 0.0299. The second kappa shape index (κ2) is 2.98. The molecular weight excluding hydrogens is 194 g/mol. The molecule has 0 amide bonds. The lowest BCUT2D eigenvalue weighted by Crippen LogP contribution is -2.04. The van der Waals surface area contributed by atoms with Gasteiger partial charge in [0.2, 0.25) is 0 Å². The van der Waals surface area contributed by atoms with Crippen molar-refractivity contribution < 1.29 is 9.26 Å². The molecule has 1 atom stereocenters. The van der Waals surface area contributed by atoms with Crippen molar-refractivity contribution in [1.29, 1.82) is 0 Å². The molecule has 1 unspecified atom stereocenters. The molecule has 1 aromatic carbocycles. The summed E-state index contributed by atoms with van der Waals surface area (Å²) >= 11 is 0. The Balaban J connectivity index is 2.04. The van der Waals surface area contributed by atoms with Crippen LogP contribution >= 0.6 is 0 Å². The van der Waals surface area contributed by atoms with Crippen molar-refractivity contribution in [3.8, 4) is 5.75 Å². The van der Waals surface area contributed by atoms with Crippen LogP contribution in [0, 0.1) is 0 Å². The monoisotopic (exact) mass is 203 g/mol. The van der Waals surface area contributed by atoms with Crippen LogP contribution in [0.1, 0.15) is 17.3 Å². The maximum Gasteiger partial charge on any atom is 0.318 e. The topological polar surface area (TPSA) is 74.2 Å². The Kier molecular flexibility index (Phi) is 1.65. The predicted octanol–water partition coefficient (Wildman–Crippen LogP) is 1.18. The average Bonchev–Trinajstić information content (AvgIpc) is 2.83. The summed E-state index contributed by atoms with van der Waals surface area (Å²) in [6.07, 6.45) is 0. The van der Waals surface area contributed by atoms with Gasteiger partial charge in [0.15, 0.2) is 5.82 Å². The fourth-order valence-corrected chi connectivity index (χ4v) is 1.77. The van der Waals surface area contributed by atoms with E-state index >= 15 is 0 Å². The average molecular weight is 203 g/mol. The third-order valence-electron chi connectivity index (χ3n) is 2.47. The van der Waals surface area contributed by atoms with E-state index in [1.807, 2.05) is 24.3 Å². The van der Waals surface area contributed by atoms with Crippen LogP contribution < -0.4 is 10.5 Å². The summed E-state index contributed by atoms with van der Waals surface area (Å²) in [5.41, 5.74) is 6.47. The van der Waals surface area contributed by atoms with Gasteiger partial charge in [-0.25, -0.2) is 0 Å². The summed E-state index contributed by atoms with van der Waals surface area (Å²) in [5.74, 6) is 1.49. The van der Waals surface area contributed by atoms with E-state index in [4.69, 9.17) is 15.0 Å². The number of anilines is 1. The summed E-state index contributed by atoms with van der Waals surface area (Å²) in [6, 6.07) is 7.92. The molecule has 0 fully saturated rings. The number of ether oxygens (including phenoxy) is 1. The highest BCUT2D eigenvalue weighted by Crippen LogP contribution is 2.36. The lowest BCUT2D eigenvalue weighted by atomic mass is 10.0. The summed E-state index contributed by atoms with van der Waals surface area (Å²) in [6.45, 7) is 0.540. The number of rotatable bonds is 1. The molecule has 0 bridgehead atoms. The van der Waals surface area contributed by atoms with Crippen LogP contribution in [0.4, 0.5) is 6.01 Å². The van der Waals surface area contributed by atoms with Crippen LogP contribution in [0.2, 0.25) is 0 Å². The van der Waals surface area contributed by atoms with E-state index in [-0.39, 0.29) is 11.9 Å². The van der Waals surface area contributed by atoms with Gasteiger partial charge in [-0.1, -0.05) is 23.4 Å². The summed E-state index contributed by atoms with van der Waals surface area (Å²) in [7, 11) is 0. The molecule has 0 saturated carbocycles. The first-order chi connectivity index (χ1) is 7.34. The highest BCUT2D eigenvalue weighted by atomic mass is 16.5. The van der Waals surface area contributed by atoms with Crippen molar-refractivity contribution in [2.75, 3.05) is 12.3 Å². The van der Waals surface area contributed by atoms with Crippen molar-refractivity contribution >= 4 is 6.01 Å². The van der Waals surface area contributed by atoms with Crippen molar-refractivity contribution in [3.05, 3.63) is 35.7 Å². The third kappa shape index (κ3) is 1.24. The molecule has 0 spiro atoms. The Morgan fingerprint density at radius 1 is 1.33 bits per heavy atom. The van der Waals surface area contributed by atoms with Gasteiger partial charge in [0, 0.05) is 5.56 Å². The SMILES string of the molecule is Nc1nc(C2COc3ccccc32)no1. The lowest BCUT2D eigenvalue weighted by Gasteiger charge is -2.00. The molecule has 1 aliphatic rings. The van der Waals surface area contributed by atoms with Gasteiger partial charge in [0.05, 0.1) is 5.92 Å². The zero-order chi connectivity index (χ0) is 10.3. The number of benzene rings is 1. The molecule has 1 aromatic heterocycles. The first-order valence-electron chi connectivity index (χ1n) is 4.65. The number of fused-ring (bicyclic) bond motifs is 1. The Bertz CT molecular complexity index is 495. The van der Waals surface area contributed by atoms with Crippen molar-refractivity contribution in [2.45, 2.75) is 5.92 Å². The van der Waals surface area contributed by atoms with Crippen LogP contribution in [0.25, 0.3) is 0 Å². The van der Waals surface area contributed by atoms with Gasteiger partial charge in [-0.3, -0.25) is 0 Å². The zero-order valence-electron chi connectivity index (χ0n) is 7.88. The van der Waals surface area contributed by atoms with Gasteiger partial charge in [0.1, 0.15) is 12.4 Å². The number of hydrogen-bond acceptors (Lipinski definition) is 5. The van der Waals surface area contributed by atoms with Crippen LogP contribution in [0.3, 0.4) is 0 Å². The number of aromatic nitrogens is 2. The van der Waals surface area contributed by atoms with Crippen molar-refractivity contribution in [2.24, 2.45) is 0 Å². The van der Waals surface area contributed by atoms with Gasteiger partial charge in [-0.2, -0.15) is 4.98 Å². The number of hydrogen-bond donors (Lipinski definition) is 1. The second-order valence-electron chi connectivity index (χ2n) is 3.39. The lowest BCUT2D eigenvalue weighted by molar-refractivity contribution is 0.335. The molecular formula is C10H9N3O2. The minimum Gasteiger partial charge on any atom is -0.492 e. The summed E-state index contributed by atoms with van der Waals surface area (Å²) in [5, 5.41) is 3.81. The Labute approximate surface area is 85.9 Å². The van der Waals surface area contributed by atoms with Gasteiger partial charge in [-0.05, 0) is 6.07 Å². The molecule has 15 heavy (non-hydrogen) atoms. The molecule has 5 nitrogen and oxygen atoms in total. The normalized spacial score (nSPS) is 18.5. The van der Waals surface area contributed by atoms with E-state index in [0.29, 0.717) is 12.4 Å². The molecule has 5 heteroatoms. The molecule has 0 aliphatic carbocycles. The standard InChI is InChI=1S/C10H9N3O2/c11-10-12-9(13-15-10)7-5-14-8-4-2-1-3-6(7)8/h1-4,7H,5H2,(H2,11,12,13). The van der Waals surface area contributed by atoms with E-state index in [1.54, 1.807) is 0 Å². The van der Waals surface area contributed by atoms with Gasteiger partial charge in [0.25, 0.3) is 0 Å². The fourth-order valence-electron chi connectivity index (χ4n) is 1.77. The molecule has 2 aromatic rings. The smallest absolute Gasteiger partial charge is 0.318 e. The maximum atomic E-state index is 5.51. The van der Waals surface area contributed by atoms with Crippen molar-refractivity contribution in [3.63, 3.8) is 0 Å². The summed E-state index contributed by atoms with van der Waals surface area (Å²) in [4.78, 5) is 4.01. The van der Waals surface area contributed by atoms with E-state index < -0.39 is 0 Å². The van der Waals surface area contributed by atoms with E-state index in [1.165, 1.54) is 0 Å². The van der Waals surface area contributed by atoms with E-state index in [2.05, 4.69) is 10.1 Å². The van der Waals surface area contributed by atoms with Crippen LogP contribution in [-0.2, 0) is 0 Å². The maximum absolute atomic E-state index is 5.51. The highest BCUT2D eigenvalue weighted by Gasteiger charge is 2.28. The van der Waals surface area contributed by atoms with Crippen LogP contribution in [0.5, 0.6) is 5.75 Å². The molecule has 0 saturated heterocycles. The summed E-state index contributed by atoms with van der Waals surface area (Å²) < 4.78 is 10.3. The van der Waals surface area contributed by atoms with Crippen LogP contribution in [-0.4, -0.2) is 16.7 Å². The van der Waals surface area contributed by atoms with Crippen molar-refractivity contribution in [1.82, 2.24) is 10.1 Å². The number of nitrogen functional groups attached to an aromatic ring is 1. The second-order valence-corrected chi connectivity index (χ2v) is 3.39. The third-order valence-corrected chi connectivity index (χ3v) is 2.47. The molecule has 2 heterocycles. The molecule has 76 valence electrons. The van der Waals surface area contributed by atoms with E-state index in [9.17, 15) is 0 Å². The quantitative estimate of drug-likeness (QED) is 0.753. The number of nitrogens with two attached hydrogens (primary N) is 1. The molecule has 0 radical (unpaired) electrons. The van der Waals surface area contributed by atoms with Crippen LogP contribution in [0.15, 0.2) is 28.8 Å². The fraction of sp³-hybridized carbons (Fsp3) is 0.200. The van der Waals surface area contributed by atoms with E-state index in [0.717, 1.165) is 11.3 Å². The Morgan fingerprint density at radius 2 is 2.20 bits per heavy atom. The number of nitrogens with zero attached hydrogens (tertiary/aromatic N) is 2. The molecule has 2 N–H and O–H groups in total. The number of para-hydroxylation sites is 1. The molecule has 1 aliphatic heterocycles. The minimum atomic E-state index is 0.0299. The Hall–Kier alpha value is -2.04. The first kappa shape index (κ1) is 8.28. The Morgan fingerprint density at radius 3 is 3.00 bits per heavy atom. The first-order valence-corrected chi connectivity index (χ1v) is 4.65. The van der Waals surface area contributed by atoms with Gasteiger partial charge < -0.3 is 15.0 Å².